The molecule has 2 heteroatoms. The third kappa shape index (κ3) is 2.28. The molecule has 0 radical (unpaired) electrons. The minimum Gasteiger partial charge on any atom is -0.326 e. The summed E-state index contributed by atoms with van der Waals surface area (Å²) in [5, 5.41) is 0.731. The molecule has 4 fully saturated rings. The largest absolute Gasteiger partial charge is 0.326 e. The summed E-state index contributed by atoms with van der Waals surface area (Å²) in [6.45, 7) is 4.58. The lowest BCUT2D eigenvalue weighted by molar-refractivity contribution is -0.0629. The van der Waals surface area contributed by atoms with Crippen molar-refractivity contribution < 1.29 is 0 Å². The molecule has 1 nitrogen and oxygen atoms in total. The van der Waals surface area contributed by atoms with E-state index in [1.54, 1.807) is 0 Å². The Hall–Kier alpha value is 0.310. The van der Waals surface area contributed by atoms with Crippen molar-refractivity contribution in [3.05, 3.63) is 0 Å². The van der Waals surface area contributed by atoms with E-state index in [4.69, 9.17) is 5.73 Å². The summed E-state index contributed by atoms with van der Waals surface area (Å²) in [6.07, 6.45) is 8.96. The lowest BCUT2D eigenvalue weighted by atomic mass is 9.48. The third-order valence-electron chi connectivity index (χ3n) is 5.48. The normalized spacial score (nSPS) is 45.5. The zero-order chi connectivity index (χ0) is 12.0. The van der Waals surface area contributed by atoms with Crippen molar-refractivity contribution in [1.29, 1.82) is 0 Å². The Morgan fingerprint density at radius 3 is 1.94 bits per heavy atom. The number of rotatable bonds is 4. The molecule has 0 aromatic heterocycles. The van der Waals surface area contributed by atoms with Crippen molar-refractivity contribution in [2.75, 3.05) is 5.75 Å². The van der Waals surface area contributed by atoms with Crippen LogP contribution < -0.4 is 5.73 Å². The Balaban J connectivity index is 1.68. The van der Waals surface area contributed by atoms with Gasteiger partial charge in [0.15, 0.2) is 0 Å². The second-order valence-electron chi connectivity index (χ2n) is 7.27. The highest BCUT2D eigenvalue weighted by Crippen LogP contribution is 2.61. The standard InChI is InChI=1S/C15H27NS/c1-10(2)17-9-14(16)15-6-11-3-12(7-15)5-13(4-11)8-15/h10-14H,3-9,16H2,1-2H3. The van der Waals surface area contributed by atoms with Gasteiger partial charge in [-0.25, -0.2) is 0 Å². The van der Waals surface area contributed by atoms with E-state index < -0.39 is 0 Å². The van der Waals surface area contributed by atoms with E-state index in [2.05, 4.69) is 25.6 Å². The van der Waals surface area contributed by atoms with E-state index in [1.165, 1.54) is 44.3 Å². The molecule has 4 aliphatic rings. The van der Waals surface area contributed by atoms with Crippen LogP contribution in [0.4, 0.5) is 0 Å². The number of hydrogen-bond donors (Lipinski definition) is 1. The van der Waals surface area contributed by atoms with Gasteiger partial charge in [0, 0.05) is 11.8 Å². The van der Waals surface area contributed by atoms with Crippen LogP contribution in [0, 0.1) is 23.2 Å². The van der Waals surface area contributed by atoms with Gasteiger partial charge in [-0.3, -0.25) is 0 Å². The van der Waals surface area contributed by atoms with Gasteiger partial charge in [-0.2, -0.15) is 11.8 Å². The van der Waals surface area contributed by atoms with Gasteiger partial charge < -0.3 is 5.73 Å². The van der Waals surface area contributed by atoms with Crippen LogP contribution in [0.2, 0.25) is 0 Å². The minimum absolute atomic E-state index is 0.461. The molecular weight excluding hydrogens is 226 g/mol. The van der Waals surface area contributed by atoms with Gasteiger partial charge >= 0.3 is 0 Å². The smallest absolute Gasteiger partial charge is 0.0187 e. The van der Waals surface area contributed by atoms with E-state index >= 15 is 0 Å². The summed E-state index contributed by atoms with van der Waals surface area (Å²) in [7, 11) is 0. The van der Waals surface area contributed by atoms with Crippen LogP contribution in [0.25, 0.3) is 0 Å². The average molecular weight is 253 g/mol. The number of hydrogen-bond acceptors (Lipinski definition) is 2. The molecule has 0 aromatic rings. The van der Waals surface area contributed by atoms with Crippen LogP contribution in [-0.4, -0.2) is 17.0 Å². The molecule has 4 aliphatic carbocycles. The lowest BCUT2D eigenvalue weighted by Crippen LogP contribution is -2.55. The van der Waals surface area contributed by atoms with Crippen LogP contribution >= 0.6 is 11.8 Å². The fraction of sp³-hybridized carbons (Fsp3) is 1.00. The maximum Gasteiger partial charge on any atom is 0.0187 e. The SMILES string of the molecule is CC(C)SCC(N)C12CC3CC(CC(C3)C1)C2. The van der Waals surface area contributed by atoms with Crippen LogP contribution in [0.1, 0.15) is 52.4 Å². The van der Waals surface area contributed by atoms with E-state index in [9.17, 15) is 0 Å². The Morgan fingerprint density at radius 1 is 1.06 bits per heavy atom. The molecule has 98 valence electrons. The summed E-state index contributed by atoms with van der Waals surface area (Å²) >= 11 is 2.06. The molecule has 17 heavy (non-hydrogen) atoms. The van der Waals surface area contributed by atoms with Gasteiger partial charge in [-0.15, -0.1) is 0 Å². The van der Waals surface area contributed by atoms with E-state index in [0.29, 0.717) is 11.5 Å². The fourth-order valence-electron chi connectivity index (χ4n) is 5.10. The third-order valence-corrected chi connectivity index (χ3v) is 6.70. The fourth-order valence-corrected chi connectivity index (χ4v) is 6.05. The minimum atomic E-state index is 0.461. The molecular formula is C15H27NS. The van der Waals surface area contributed by atoms with Gasteiger partial charge in [-0.05, 0) is 66.9 Å². The first-order valence-corrected chi connectivity index (χ1v) is 8.49. The Morgan fingerprint density at radius 2 is 1.53 bits per heavy atom. The Kier molecular flexibility index (Phi) is 3.23. The average Bonchev–Trinajstić information content (AvgIpc) is 2.23. The van der Waals surface area contributed by atoms with Crippen molar-refractivity contribution in [3.8, 4) is 0 Å². The molecule has 4 bridgehead atoms. The summed E-state index contributed by atoms with van der Waals surface area (Å²) in [4.78, 5) is 0. The molecule has 4 saturated carbocycles. The van der Waals surface area contributed by atoms with E-state index in [1.807, 2.05) is 0 Å². The second-order valence-corrected chi connectivity index (χ2v) is 8.88. The molecule has 0 saturated heterocycles. The monoisotopic (exact) mass is 253 g/mol. The van der Waals surface area contributed by atoms with Crippen molar-refractivity contribution in [3.63, 3.8) is 0 Å². The predicted molar refractivity (Wildman–Crippen MR) is 76.2 cm³/mol. The van der Waals surface area contributed by atoms with Crippen molar-refractivity contribution >= 4 is 11.8 Å². The molecule has 1 atom stereocenters. The molecule has 0 heterocycles. The summed E-state index contributed by atoms with van der Waals surface area (Å²) in [5.74, 6) is 4.30. The summed E-state index contributed by atoms with van der Waals surface area (Å²) in [5.41, 5.74) is 7.15. The molecule has 0 aliphatic heterocycles. The number of nitrogens with two attached hydrogens (primary N) is 1. The Bertz CT molecular complexity index is 251. The summed E-state index contributed by atoms with van der Waals surface area (Å²) < 4.78 is 0. The van der Waals surface area contributed by atoms with Gasteiger partial charge in [0.2, 0.25) is 0 Å². The van der Waals surface area contributed by atoms with Crippen LogP contribution in [-0.2, 0) is 0 Å². The quantitative estimate of drug-likeness (QED) is 0.827. The van der Waals surface area contributed by atoms with Crippen molar-refractivity contribution in [1.82, 2.24) is 0 Å². The van der Waals surface area contributed by atoms with Gasteiger partial charge in [0.1, 0.15) is 0 Å². The van der Waals surface area contributed by atoms with Gasteiger partial charge in [0.05, 0.1) is 0 Å². The first-order chi connectivity index (χ1) is 8.07. The van der Waals surface area contributed by atoms with Crippen molar-refractivity contribution in [2.45, 2.75) is 63.7 Å². The lowest BCUT2D eigenvalue weighted by Gasteiger charge is -2.59. The number of thioether (sulfide) groups is 1. The predicted octanol–water partition coefficient (Wildman–Crippen LogP) is 3.67. The highest BCUT2D eigenvalue weighted by Gasteiger charge is 2.53. The molecule has 0 spiro atoms. The molecule has 2 N–H and O–H groups in total. The molecule has 4 rings (SSSR count). The van der Waals surface area contributed by atoms with E-state index in [0.717, 1.165) is 23.0 Å². The topological polar surface area (TPSA) is 26.0 Å². The molecule has 0 amide bonds. The second kappa shape index (κ2) is 4.45. The van der Waals surface area contributed by atoms with Crippen LogP contribution in [0.15, 0.2) is 0 Å². The maximum atomic E-state index is 6.60. The summed E-state index contributed by atoms with van der Waals surface area (Å²) in [6, 6.07) is 0.461. The molecule has 1 unspecified atom stereocenters. The zero-order valence-corrected chi connectivity index (χ0v) is 12.1. The first kappa shape index (κ1) is 12.3. The Labute approximate surface area is 110 Å². The van der Waals surface area contributed by atoms with Crippen LogP contribution in [0.3, 0.4) is 0 Å². The molecule has 0 aromatic carbocycles. The van der Waals surface area contributed by atoms with Crippen molar-refractivity contribution in [2.24, 2.45) is 28.9 Å². The van der Waals surface area contributed by atoms with E-state index in [-0.39, 0.29) is 0 Å². The first-order valence-electron chi connectivity index (χ1n) is 7.44. The van der Waals surface area contributed by atoms with Gasteiger partial charge in [-0.1, -0.05) is 13.8 Å². The highest BCUT2D eigenvalue weighted by atomic mass is 32.2. The zero-order valence-electron chi connectivity index (χ0n) is 11.3. The highest BCUT2D eigenvalue weighted by molar-refractivity contribution is 7.99. The van der Waals surface area contributed by atoms with Gasteiger partial charge in [0.25, 0.3) is 0 Å². The maximum absolute atomic E-state index is 6.60. The van der Waals surface area contributed by atoms with Crippen LogP contribution in [0.5, 0.6) is 0 Å².